The van der Waals surface area contributed by atoms with E-state index in [0.717, 1.165) is 24.8 Å². The molecule has 0 aromatic carbocycles. The maximum atomic E-state index is 13.3. The van der Waals surface area contributed by atoms with E-state index in [2.05, 4.69) is 10.6 Å². The molecule has 2 heterocycles. The van der Waals surface area contributed by atoms with Crippen LogP contribution in [0.3, 0.4) is 0 Å². The molecule has 0 radical (unpaired) electrons. The number of thiophene rings is 1. The van der Waals surface area contributed by atoms with Crippen LogP contribution in [0.4, 0.5) is 5.00 Å². The van der Waals surface area contributed by atoms with Crippen molar-refractivity contribution >= 4 is 34.1 Å². The first-order valence-electron chi connectivity index (χ1n) is 10.5. The SMILES string of the molecule is CCN(CC)C(=O)C1(NC(=O)c2sc(NC(=O)c3ccco3)cc2C)CCCCC1. The van der Waals surface area contributed by atoms with E-state index in [1.54, 1.807) is 23.1 Å². The van der Waals surface area contributed by atoms with Gasteiger partial charge in [0.25, 0.3) is 11.8 Å². The summed E-state index contributed by atoms with van der Waals surface area (Å²) in [5.41, 5.74) is -0.0940. The van der Waals surface area contributed by atoms with Crippen LogP contribution in [0.2, 0.25) is 0 Å². The molecule has 2 N–H and O–H groups in total. The van der Waals surface area contributed by atoms with E-state index in [4.69, 9.17) is 4.42 Å². The highest BCUT2D eigenvalue weighted by molar-refractivity contribution is 7.18. The Kier molecular flexibility index (Phi) is 6.97. The van der Waals surface area contributed by atoms with Crippen molar-refractivity contribution in [2.45, 2.75) is 58.4 Å². The molecule has 0 unspecified atom stereocenters. The molecule has 7 nitrogen and oxygen atoms in total. The Morgan fingerprint density at radius 1 is 1.13 bits per heavy atom. The summed E-state index contributed by atoms with van der Waals surface area (Å²) in [5, 5.41) is 6.41. The molecule has 0 spiro atoms. The van der Waals surface area contributed by atoms with Crippen LogP contribution in [0.15, 0.2) is 28.9 Å². The lowest BCUT2D eigenvalue weighted by molar-refractivity contribution is -0.139. The molecule has 162 valence electrons. The molecule has 2 aromatic rings. The highest BCUT2D eigenvalue weighted by Crippen LogP contribution is 2.33. The van der Waals surface area contributed by atoms with E-state index < -0.39 is 5.54 Å². The topological polar surface area (TPSA) is 91.7 Å². The molecule has 0 aliphatic heterocycles. The van der Waals surface area contributed by atoms with Crippen molar-refractivity contribution < 1.29 is 18.8 Å². The van der Waals surface area contributed by atoms with Gasteiger partial charge < -0.3 is 20.0 Å². The fourth-order valence-corrected chi connectivity index (χ4v) is 4.95. The van der Waals surface area contributed by atoms with Gasteiger partial charge in [-0.25, -0.2) is 0 Å². The van der Waals surface area contributed by atoms with Crippen molar-refractivity contribution in [2.24, 2.45) is 0 Å². The molecule has 1 aliphatic carbocycles. The van der Waals surface area contributed by atoms with Crippen LogP contribution < -0.4 is 10.6 Å². The van der Waals surface area contributed by atoms with Crippen LogP contribution in [0.5, 0.6) is 0 Å². The second kappa shape index (κ2) is 9.47. The van der Waals surface area contributed by atoms with Gasteiger partial charge in [-0.15, -0.1) is 11.3 Å². The van der Waals surface area contributed by atoms with Gasteiger partial charge >= 0.3 is 0 Å². The fraction of sp³-hybridized carbons (Fsp3) is 0.500. The minimum absolute atomic E-state index is 0.00102. The van der Waals surface area contributed by atoms with Gasteiger partial charge in [0.1, 0.15) is 5.54 Å². The number of nitrogens with zero attached hydrogens (tertiary/aromatic N) is 1. The molecule has 8 heteroatoms. The summed E-state index contributed by atoms with van der Waals surface area (Å²) in [6.45, 7) is 6.98. The highest BCUT2D eigenvalue weighted by atomic mass is 32.1. The van der Waals surface area contributed by atoms with Gasteiger partial charge in [-0.05, 0) is 57.4 Å². The van der Waals surface area contributed by atoms with Gasteiger partial charge in [-0.2, -0.15) is 0 Å². The maximum Gasteiger partial charge on any atom is 0.291 e. The van der Waals surface area contributed by atoms with E-state index in [0.29, 0.717) is 35.8 Å². The summed E-state index contributed by atoms with van der Waals surface area (Å²) >= 11 is 1.20. The lowest BCUT2D eigenvalue weighted by atomic mass is 9.80. The first-order chi connectivity index (χ1) is 14.4. The van der Waals surface area contributed by atoms with Crippen molar-refractivity contribution in [3.05, 3.63) is 40.7 Å². The van der Waals surface area contributed by atoms with E-state index >= 15 is 0 Å². The third-order valence-corrected chi connectivity index (χ3v) is 6.78. The van der Waals surface area contributed by atoms with Crippen LogP contribution >= 0.6 is 11.3 Å². The second-order valence-electron chi connectivity index (χ2n) is 7.63. The largest absolute Gasteiger partial charge is 0.459 e. The highest BCUT2D eigenvalue weighted by Gasteiger charge is 2.43. The summed E-state index contributed by atoms with van der Waals surface area (Å²) in [5.74, 6) is -0.425. The number of nitrogens with one attached hydrogen (secondary N) is 2. The summed E-state index contributed by atoms with van der Waals surface area (Å²) in [4.78, 5) is 40.9. The Balaban J connectivity index is 1.78. The fourth-order valence-electron chi connectivity index (χ4n) is 3.99. The Hall–Kier alpha value is -2.61. The number of carbonyl (C=O) groups excluding carboxylic acids is 3. The van der Waals surface area contributed by atoms with E-state index in [1.807, 2.05) is 20.8 Å². The molecule has 0 saturated heterocycles. The number of aryl methyl sites for hydroxylation is 1. The molecule has 1 fully saturated rings. The minimum Gasteiger partial charge on any atom is -0.459 e. The smallest absolute Gasteiger partial charge is 0.291 e. The zero-order valence-corrected chi connectivity index (χ0v) is 18.6. The second-order valence-corrected chi connectivity index (χ2v) is 8.68. The maximum absolute atomic E-state index is 13.3. The van der Waals surface area contributed by atoms with E-state index in [9.17, 15) is 14.4 Å². The molecule has 3 rings (SSSR count). The van der Waals surface area contributed by atoms with Gasteiger partial charge in [0.05, 0.1) is 16.1 Å². The molecule has 1 saturated carbocycles. The zero-order chi connectivity index (χ0) is 21.7. The number of anilines is 1. The normalized spacial score (nSPS) is 15.4. The molecule has 0 atom stereocenters. The van der Waals surface area contributed by atoms with Crippen molar-refractivity contribution in [1.29, 1.82) is 0 Å². The van der Waals surface area contributed by atoms with E-state index in [1.165, 1.54) is 17.6 Å². The molecular weight excluding hydrogens is 402 g/mol. The number of hydrogen-bond donors (Lipinski definition) is 2. The molecule has 30 heavy (non-hydrogen) atoms. The lowest BCUT2D eigenvalue weighted by Crippen LogP contribution is -2.60. The Morgan fingerprint density at radius 2 is 1.83 bits per heavy atom. The first kappa shape index (κ1) is 22.1. The summed E-state index contributed by atoms with van der Waals surface area (Å²) in [6.07, 6.45) is 5.65. The number of likely N-dealkylation sites (N-methyl/N-ethyl adjacent to an activating group) is 1. The van der Waals surface area contributed by atoms with Gasteiger partial charge in [0.15, 0.2) is 5.76 Å². The molecule has 0 bridgehead atoms. The van der Waals surface area contributed by atoms with Gasteiger partial charge in [0, 0.05) is 13.1 Å². The molecule has 3 amide bonds. The van der Waals surface area contributed by atoms with Crippen molar-refractivity contribution in [3.63, 3.8) is 0 Å². The van der Waals surface area contributed by atoms with Crippen molar-refractivity contribution in [1.82, 2.24) is 10.2 Å². The van der Waals surface area contributed by atoms with Crippen molar-refractivity contribution in [2.75, 3.05) is 18.4 Å². The monoisotopic (exact) mass is 431 g/mol. The number of carbonyl (C=O) groups is 3. The Labute approximate surface area is 180 Å². The average molecular weight is 432 g/mol. The van der Waals surface area contributed by atoms with Crippen LogP contribution in [0.1, 0.15) is 71.7 Å². The average Bonchev–Trinajstić information content (AvgIpc) is 3.39. The Bertz CT molecular complexity index is 894. The standard InChI is InChI=1S/C22H29N3O4S/c1-4-25(5-2)21(28)22(11-7-6-8-12-22)24-20(27)18-15(3)14-17(30-18)23-19(26)16-10-9-13-29-16/h9-10,13-14H,4-8,11-12H2,1-3H3,(H,23,26)(H,24,27). The summed E-state index contributed by atoms with van der Waals surface area (Å²) in [7, 11) is 0. The lowest BCUT2D eigenvalue weighted by Gasteiger charge is -2.40. The van der Waals surface area contributed by atoms with Crippen LogP contribution in [-0.2, 0) is 4.79 Å². The number of furan rings is 1. The van der Waals surface area contributed by atoms with Crippen molar-refractivity contribution in [3.8, 4) is 0 Å². The number of hydrogen-bond acceptors (Lipinski definition) is 5. The van der Waals surface area contributed by atoms with Gasteiger partial charge in [-0.1, -0.05) is 19.3 Å². The quantitative estimate of drug-likeness (QED) is 0.687. The summed E-state index contributed by atoms with van der Waals surface area (Å²) in [6, 6.07) is 4.99. The van der Waals surface area contributed by atoms with E-state index in [-0.39, 0.29) is 23.5 Å². The van der Waals surface area contributed by atoms with Crippen LogP contribution in [-0.4, -0.2) is 41.2 Å². The predicted molar refractivity (Wildman–Crippen MR) is 117 cm³/mol. The van der Waals surface area contributed by atoms with Gasteiger partial charge in [0.2, 0.25) is 5.91 Å². The summed E-state index contributed by atoms with van der Waals surface area (Å²) < 4.78 is 5.11. The third-order valence-electron chi connectivity index (χ3n) is 5.63. The number of amides is 3. The third kappa shape index (κ3) is 4.59. The Morgan fingerprint density at radius 3 is 2.43 bits per heavy atom. The van der Waals surface area contributed by atoms with Crippen LogP contribution in [0.25, 0.3) is 0 Å². The number of rotatable bonds is 7. The van der Waals surface area contributed by atoms with Crippen LogP contribution in [0, 0.1) is 6.92 Å². The molecular formula is C22H29N3O4S. The van der Waals surface area contributed by atoms with Gasteiger partial charge in [-0.3, -0.25) is 14.4 Å². The zero-order valence-electron chi connectivity index (χ0n) is 17.7. The predicted octanol–water partition coefficient (Wildman–Crippen LogP) is 4.20. The first-order valence-corrected chi connectivity index (χ1v) is 11.3. The molecule has 1 aliphatic rings. The molecule has 2 aromatic heterocycles. The minimum atomic E-state index is -0.852.